The number of ether oxygens (including phenoxy) is 1. The van der Waals surface area contributed by atoms with E-state index < -0.39 is 0 Å². The second kappa shape index (κ2) is 8.42. The van der Waals surface area contributed by atoms with Crippen molar-refractivity contribution in [1.82, 2.24) is 20.4 Å². The van der Waals surface area contributed by atoms with Crippen LogP contribution < -0.4 is 10.1 Å². The van der Waals surface area contributed by atoms with Gasteiger partial charge in [0.15, 0.2) is 5.69 Å². The molecule has 3 rings (SSSR count). The molecule has 1 saturated heterocycles. The summed E-state index contributed by atoms with van der Waals surface area (Å²) in [6, 6.07) is 11.0. The number of rotatable bonds is 5. The summed E-state index contributed by atoms with van der Waals surface area (Å²) >= 11 is 0. The number of carbonyl (C=O) groups is 2. The van der Waals surface area contributed by atoms with Crippen LogP contribution in [0.4, 0.5) is 0 Å². The van der Waals surface area contributed by atoms with Gasteiger partial charge in [0.05, 0.1) is 7.11 Å². The van der Waals surface area contributed by atoms with Crippen molar-refractivity contribution in [3.63, 3.8) is 0 Å². The Morgan fingerprint density at radius 2 is 2.19 bits per heavy atom. The van der Waals surface area contributed by atoms with Crippen LogP contribution in [0.25, 0.3) is 0 Å². The quantitative estimate of drug-likeness (QED) is 0.885. The molecule has 2 amide bonds. The van der Waals surface area contributed by atoms with Gasteiger partial charge in [0.1, 0.15) is 5.75 Å². The van der Waals surface area contributed by atoms with Crippen molar-refractivity contribution < 1.29 is 14.3 Å². The highest BCUT2D eigenvalue weighted by atomic mass is 16.5. The lowest BCUT2D eigenvalue weighted by atomic mass is 10.1. The van der Waals surface area contributed by atoms with Crippen LogP contribution in [0, 0.1) is 0 Å². The summed E-state index contributed by atoms with van der Waals surface area (Å²) in [4.78, 5) is 26.5. The van der Waals surface area contributed by atoms with Crippen molar-refractivity contribution in [1.29, 1.82) is 0 Å². The van der Waals surface area contributed by atoms with Gasteiger partial charge in [0.2, 0.25) is 5.91 Å². The van der Waals surface area contributed by atoms with Gasteiger partial charge in [-0.3, -0.25) is 9.59 Å². The topological polar surface area (TPSA) is 84.4 Å². The molecule has 0 aliphatic carbocycles. The average molecular weight is 354 g/mol. The molecule has 7 nitrogen and oxygen atoms in total. The number of likely N-dealkylation sites (tertiary alicyclic amines) is 1. The highest BCUT2D eigenvalue weighted by Crippen LogP contribution is 2.18. The maximum atomic E-state index is 12.4. The molecule has 7 heteroatoms. The summed E-state index contributed by atoms with van der Waals surface area (Å²) in [6.45, 7) is 1.14. The minimum absolute atomic E-state index is 0.0521. The molecule has 1 N–H and O–H groups in total. The maximum Gasteiger partial charge on any atom is 0.272 e. The molecule has 1 aromatic heterocycles. The third kappa shape index (κ3) is 4.56. The van der Waals surface area contributed by atoms with Crippen LogP contribution in [0.15, 0.2) is 42.6 Å². The van der Waals surface area contributed by atoms with Crippen LogP contribution in [0.2, 0.25) is 0 Å². The number of hydrogen-bond acceptors (Lipinski definition) is 5. The number of nitrogens with one attached hydrogen (secondary N) is 1. The minimum Gasteiger partial charge on any atom is -0.497 e. The normalized spacial score (nSPS) is 17.5. The molecule has 1 unspecified atom stereocenters. The number of aromatic nitrogens is 2. The number of carbonyl (C=O) groups excluding carboxylic acids is 2. The van der Waals surface area contributed by atoms with E-state index >= 15 is 0 Å². The van der Waals surface area contributed by atoms with Crippen molar-refractivity contribution in [2.45, 2.75) is 31.8 Å². The predicted molar refractivity (Wildman–Crippen MR) is 95.5 cm³/mol. The lowest BCUT2D eigenvalue weighted by Crippen LogP contribution is -2.36. The van der Waals surface area contributed by atoms with E-state index in [4.69, 9.17) is 4.74 Å². The van der Waals surface area contributed by atoms with Crippen LogP contribution in [-0.4, -0.2) is 46.6 Å². The van der Waals surface area contributed by atoms with E-state index in [1.807, 2.05) is 29.2 Å². The summed E-state index contributed by atoms with van der Waals surface area (Å²) in [5.41, 5.74) is 1.32. The fourth-order valence-corrected chi connectivity index (χ4v) is 3.02. The Morgan fingerprint density at radius 3 is 2.96 bits per heavy atom. The molecule has 0 bridgehead atoms. The molecule has 0 radical (unpaired) electrons. The molecule has 26 heavy (non-hydrogen) atoms. The second-order valence-electron chi connectivity index (χ2n) is 6.27. The van der Waals surface area contributed by atoms with Gasteiger partial charge in [-0.25, -0.2) is 0 Å². The molecule has 1 aliphatic heterocycles. The van der Waals surface area contributed by atoms with Crippen molar-refractivity contribution in [2.75, 3.05) is 13.7 Å². The van der Waals surface area contributed by atoms with Crippen LogP contribution in [0.1, 0.15) is 35.3 Å². The summed E-state index contributed by atoms with van der Waals surface area (Å²) in [6.07, 6.45) is 3.27. The minimum atomic E-state index is -0.253. The van der Waals surface area contributed by atoms with E-state index in [0.717, 1.165) is 11.3 Å². The number of hydrogen-bond donors (Lipinski definition) is 1. The Morgan fingerprint density at radius 1 is 1.31 bits per heavy atom. The number of benzene rings is 1. The number of amides is 2. The largest absolute Gasteiger partial charge is 0.497 e. The van der Waals surface area contributed by atoms with Crippen LogP contribution in [-0.2, 0) is 11.3 Å². The third-order valence-electron chi connectivity index (χ3n) is 4.45. The molecule has 1 aliphatic rings. The monoisotopic (exact) mass is 354 g/mol. The SMILES string of the molecule is COc1cccc(CN2CCC(NC(=O)c3cccnn3)CCC2=O)c1. The standard InChI is InChI=1S/C19H22N4O3/c1-26-16-5-2-4-14(12-16)13-23-11-9-15(7-8-18(23)24)21-19(25)17-6-3-10-20-22-17/h2-6,10,12,15H,7-9,11,13H2,1H3,(H,21,25). The molecule has 136 valence electrons. The Labute approximate surface area is 152 Å². The Bertz CT molecular complexity index is 766. The van der Waals surface area contributed by atoms with E-state index in [0.29, 0.717) is 32.4 Å². The van der Waals surface area contributed by atoms with E-state index in [-0.39, 0.29) is 23.6 Å². The van der Waals surface area contributed by atoms with Gasteiger partial charge in [0.25, 0.3) is 5.91 Å². The molecule has 1 aromatic carbocycles. The summed E-state index contributed by atoms with van der Waals surface area (Å²) in [5.74, 6) is 0.625. The second-order valence-corrected chi connectivity index (χ2v) is 6.27. The van der Waals surface area contributed by atoms with E-state index in [1.165, 1.54) is 6.20 Å². The zero-order valence-corrected chi connectivity index (χ0v) is 14.7. The maximum absolute atomic E-state index is 12.4. The highest BCUT2D eigenvalue weighted by molar-refractivity contribution is 5.92. The molecule has 1 fully saturated rings. The van der Waals surface area contributed by atoms with Crippen LogP contribution in [0.3, 0.4) is 0 Å². The number of methoxy groups -OCH3 is 1. The first-order chi connectivity index (χ1) is 12.7. The van der Waals surface area contributed by atoms with Gasteiger partial charge >= 0.3 is 0 Å². The van der Waals surface area contributed by atoms with E-state index in [9.17, 15) is 9.59 Å². The van der Waals surface area contributed by atoms with Gasteiger partial charge in [-0.05, 0) is 42.7 Å². The summed E-state index contributed by atoms with van der Waals surface area (Å²) in [7, 11) is 1.63. The number of nitrogens with zero attached hydrogens (tertiary/aromatic N) is 3. The first-order valence-corrected chi connectivity index (χ1v) is 8.65. The van der Waals surface area contributed by atoms with Gasteiger partial charge in [-0.15, -0.1) is 5.10 Å². The van der Waals surface area contributed by atoms with Gasteiger partial charge in [-0.1, -0.05) is 12.1 Å². The Balaban J connectivity index is 1.59. The smallest absolute Gasteiger partial charge is 0.272 e. The van der Waals surface area contributed by atoms with E-state index in [1.54, 1.807) is 19.2 Å². The van der Waals surface area contributed by atoms with Crippen LogP contribution in [0.5, 0.6) is 5.75 Å². The van der Waals surface area contributed by atoms with Crippen LogP contribution >= 0.6 is 0 Å². The van der Waals surface area contributed by atoms with Crippen molar-refractivity contribution in [2.24, 2.45) is 0 Å². The average Bonchev–Trinajstić information content (AvgIpc) is 2.85. The highest BCUT2D eigenvalue weighted by Gasteiger charge is 2.24. The zero-order valence-electron chi connectivity index (χ0n) is 14.7. The van der Waals surface area contributed by atoms with Crippen molar-refractivity contribution in [3.8, 4) is 5.75 Å². The molecule has 2 aromatic rings. The molecular weight excluding hydrogens is 332 g/mol. The lowest BCUT2D eigenvalue weighted by Gasteiger charge is -2.21. The van der Waals surface area contributed by atoms with Gasteiger partial charge < -0.3 is 15.0 Å². The lowest BCUT2D eigenvalue weighted by molar-refractivity contribution is -0.131. The first kappa shape index (κ1) is 17.8. The predicted octanol–water partition coefficient (Wildman–Crippen LogP) is 1.80. The van der Waals surface area contributed by atoms with E-state index in [2.05, 4.69) is 15.5 Å². The first-order valence-electron chi connectivity index (χ1n) is 8.65. The van der Waals surface area contributed by atoms with Gasteiger partial charge in [-0.2, -0.15) is 5.10 Å². The molecule has 2 heterocycles. The summed E-state index contributed by atoms with van der Waals surface area (Å²) < 4.78 is 5.24. The fourth-order valence-electron chi connectivity index (χ4n) is 3.02. The third-order valence-corrected chi connectivity index (χ3v) is 4.45. The fraction of sp³-hybridized carbons (Fsp3) is 0.368. The summed E-state index contributed by atoms with van der Waals surface area (Å²) in [5, 5.41) is 10.5. The molecule has 0 saturated carbocycles. The molecule has 1 atom stereocenters. The van der Waals surface area contributed by atoms with Gasteiger partial charge in [0, 0.05) is 31.7 Å². The van der Waals surface area contributed by atoms with Crippen molar-refractivity contribution >= 4 is 11.8 Å². The Kier molecular flexibility index (Phi) is 5.78. The zero-order chi connectivity index (χ0) is 18.4. The van der Waals surface area contributed by atoms with Crippen molar-refractivity contribution in [3.05, 3.63) is 53.9 Å². The molecular formula is C19H22N4O3. The Hall–Kier alpha value is -2.96. The molecule has 0 spiro atoms.